The van der Waals surface area contributed by atoms with Crippen molar-refractivity contribution >= 4 is 100 Å². The summed E-state index contributed by atoms with van der Waals surface area (Å²) in [6, 6.07) is 69.2. The molecule has 0 nitrogen and oxygen atoms in total. The monoisotopic (exact) mass is 746 g/mol. The van der Waals surface area contributed by atoms with Gasteiger partial charge in [0.25, 0.3) is 0 Å². The number of aryl methyl sites for hydroxylation is 2. The Balaban J connectivity index is 1.30. The molecule has 2 atom stereocenters. The summed E-state index contributed by atoms with van der Waals surface area (Å²) in [5.41, 5.74) is 7.86. The van der Waals surface area contributed by atoms with E-state index in [2.05, 4.69) is 195 Å². The van der Waals surface area contributed by atoms with Crippen LogP contribution in [0.2, 0.25) is 0 Å². The van der Waals surface area contributed by atoms with Gasteiger partial charge in [0, 0.05) is 31.2 Å². The zero-order valence-corrected chi connectivity index (χ0v) is 33.0. The molecule has 0 aliphatic carbocycles. The van der Waals surface area contributed by atoms with Gasteiger partial charge in [0.15, 0.2) is 0 Å². The summed E-state index contributed by atoms with van der Waals surface area (Å²) in [5, 5.41) is 21.8. The van der Waals surface area contributed by atoms with Crippen LogP contribution in [0.1, 0.15) is 0 Å². The first-order chi connectivity index (χ1) is 27.7. The van der Waals surface area contributed by atoms with E-state index in [0.29, 0.717) is 0 Å². The highest BCUT2D eigenvalue weighted by atomic mass is 31.1. The van der Waals surface area contributed by atoms with Gasteiger partial charge >= 0.3 is 0 Å². The second-order valence-corrected chi connectivity index (χ2v) is 19.5. The maximum absolute atomic E-state index is 2.54. The third-order valence-electron chi connectivity index (χ3n) is 12.5. The molecule has 0 bridgehead atoms. The van der Waals surface area contributed by atoms with Crippen molar-refractivity contribution in [3.8, 4) is 33.4 Å². The molecule has 2 heterocycles. The first kappa shape index (κ1) is 32.1. The predicted molar refractivity (Wildman–Crippen MR) is 250 cm³/mol. The molecule has 12 aromatic rings. The van der Waals surface area contributed by atoms with E-state index in [1.807, 2.05) is 0 Å². The quantitative estimate of drug-likeness (QED) is 0.158. The lowest BCUT2D eigenvalue weighted by Crippen LogP contribution is -1.93. The zero-order valence-electron chi connectivity index (χ0n) is 31.2. The molecule has 12 rings (SSSR count). The summed E-state index contributed by atoms with van der Waals surface area (Å²) in [6.45, 7) is 4.85. The molecule has 0 spiro atoms. The zero-order chi connectivity index (χ0) is 37.1. The molecule has 2 heteroatoms. The van der Waals surface area contributed by atoms with Gasteiger partial charge in [-0.2, -0.15) is 0 Å². The van der Waals surface area contributed by atoms with Gasteiger partial charge in [-0.05, 0) is 113 Å². The second kappa shape index (κ2) is 12.2. The van der Waals surface area contributed by atoms with Crippen LogP contribution in [0.4, 0.5) is 0 Å². The summed E-state index contributed by atoms with van der Waals surface area (Å²) in [7, 11) is -0.837. The van der Waals surface area contributed by atoms with E-state index < -0.39 is 15.1 Å². The average Bonchev–Trinajstić information content (AvgIpc) is 3.72. The van der Waals surface area contributed by atoms with Crippen molar-refractivity contribution in [3.05, 3.63) is 182 Å². The number of rotatable bonds is 3. The van der Waals surface area contributed by atoms with Gasteiger partial charge in [0.05, 0.1) is 0 Å². The van der Waals surface area contributed by atoms with Gasteiger partial charge < -0.3 is 0 Å². The van der Waals surface area contributed by atoms with Crippen LogP contribution in [0, 0.1) is 0 Å². The lowest BCUT2D eigenvalue weighted by Gasteiger charge is -2.20. The number of fused-ring (bicyclic) bond motifs is 10. The van der Waals surface area contributed by atoms with Crippen LogP contribution in [0.3, 0.4) is 0 Å². The van der Waals surface area contributed by atoms with Crippen LogP contribution < -0.4 is 0 Å². The molecule has 0 N–H and O–H groups in total. The molecule has 56 heavy (non-hydrogen) atoms. The topological polar surface area (TPSA) is 0 Å². The second-order valence-electron chi connectivity index (χ2n) is 15.3. The van der Waals surface area contributed by atoms with Gasteiger partial charge in [-0.15, -0.1) is 15.1 Å². The minimum atomic E-state index is -0.419. The Morgan fingerprint density at radius 1 is 0.268 bits per heavy atom. The Hall–Kier alpha value is -6.16. The normalized spacial score (nSPS) is 12.8. The van der Waals surface area contributed by atoms with Crippen molar-refractivity contribution < 1.29 is 0 Å². The summed E-state index contributed by atoms with van der Waals surface area (Å²) in [6.07, 6.45) is 0. The fraction of sp³-hybridized carbons (Fsp3) is 0.0370. The van der Waals surface area contributed by atoms with Crippen molar-refractivity contribution in [2.75, 3.05) is 0 Å². The van der Waals surface area contributed by atoms with Crippen molar-refractivity contribution in [1.29, 1.82) is 0 Å². The molecule has 2 unspecified atom stereocenters. The van der Waals surface area contributed by atoms with E-state index in [-0.39, 0.29) is 0 Å². The van der Waals surface area contributed by atoms with E-state index in [0.717, 1.165) is 0 Å². The summed E-state index contributed by atoms with van der Waals surface area (Å²) >= 11 is 0. The summed E-state index contributed by atoms with van der Waals surface area (Å²) in [4.78, 5) is 0. The Morgan fingerprint density at radius 3 is 1.12 bits per heavy atom. The third kappa shape index (κ3) is 4.43. The van der Waals surface area contributed by atoms with E-state index in [1.54, 1.807) is 0 Å². The van der Waals surface area contributed by atoms with Crippen LogP contribution in [0.5, 0.6) is 0 Å². The predicted octanol–water partition coefficient (Wildman–Crippen LogP) is 17.0. The maximum Gasteiger partial charge on any atom is 0.00274 e. The Bertz CT molecular complexity index is 3380. The molecule has 0 fully saturated rings. The highest BCUT2D eigenvalue weighted by molar-refractivity contribution is 7.60. The lowest BCUT2D eigenvalue weighted by atomic mass is 9.82. The summed E-state index contributed by atoms with van der Waals surface area (Å²) in [5.74, 6) is 0. The van der Waals surface area contributed by atoms with Crippen LogP contribution in [-0.4, -0.2) is 0 Å². The molecule has 10 aromatic carbocycles. The molecule has 0 saturated carbocycles. The molecular formula is C54H36P2. The minimum Gasteiger partial charge on any atom is -0.112 e. The van der Waals surface area contributed by atoms with Gasteiger partial charge in [0.2, 0.25) is 0 Å². The van der Waals surface area contributed by atoms with Crippen molar-refractivity contribution in [3.63, 3.8) is 0 Å². The van der Waals surface area contributed by atoms with Crippen molar-refractivity contribution in [1.82, 2.24) is 0 Å². The Morgan fingerprint density at radius 2 is 0.625 bits per heavy atom. The average molecular weight is 747 g/mol. The smallest absolute Gasteiger partial charge is 0.00274 e. The number of hydrogen-bond donors (Lipinski definition) is 0. The van der Waals surface area contributed by atoms with Gasteiger partial charge in [-0.1, -0.05) is 170 Å². The number of benzene rings is 10. The van der Waals surface area contributed by atoms with Gasteiger partial charge in [-0.25, -0.2) is 0 Å². The molecule has 0 saturated heterocycles. The molecule has 0 amide bonds. The van der Waals surface area contributed by atoms with Gasteiger partial charge in [-0.3, -0.25) is 0 Å². The highest BCUT2D eigenvalue weighted by Gasteiger charge is 2.22. The largest absolute Gasteiger partial charge is 0.112 e. The molecule has 0 radical (unpaired) electrons. The van der Waals surface area contributed by atoms with Crippen LogP contribution in [0.15, 0.2) is 182 Å². The Kier molecular flexibility index (Phi) is 6.98. The highest BCUT2D eigenvalue weighted by Crippen LogP contribution is 2.54. The molecule has 0 aliphatic rings. The van der Waals surface area contributed by atoms with Crippen LogP contribution in [0.25, 0.3) is 118 Å². The van der Waals surface area contributed by atoms with Crippen molar-refractivity contribution in [2.45, 2.75) is 0 Å². The molecule has 262 valence electrons. The van der Waals surface area contributed by atoms with E-state index in [4.69, 9.17) is 0 Å². The van der Waals surface area contributed by atoms with Gasteiger partial charge in [0.1, 0.15) is 0 Å². The standard InChI is InChI=1S/C54H36P2/c1-55-47-27-9-7-19-43(47)51-39(25-13-29-49(51)55)37-21-11-23-41-45(37)32-46-38(40-26-14-30-50-52(40)44-20-8-10-28-48(44)56(50)2)22-12-24-42(46)54(41)53-35-17-5-3-15-33(35)31-34-16-4-6-18-36(34)53/h3-32H,1-2H3. The molecule has 0 aliphatic heterocycles. The number of hydrogen-bond acceptors (Lipinski definition) is 0. The summed E-state index contributed by atoms with van der Waals surface area (Å²) < 4.78 is 0. The SMILES string of the molecule is Cp1c2ccccc2c2c(-c3cccc4c(-c5c6ccccc6cc6ccccc56)c5cccc(-c6cccc7c6c6ccccc6p7C)c5cc34)cccc21. The van der Waals surface area contributed by atoms with E-state index >= 15 is 0 Å². The van der Waals surface area contributed by atoms with Crippen LogP contribution >= 0.6 is 15.1 Å². The lowest BCUT2D eigenvalue weighted by molar-refractivity contribution is 1.69. The maximum atomic E-state index is 2.54. The van der Waals surface area contributed by atoms with Crippen LogP contribution in [-0.2, 0) is 13.3 Å². The van der Waals surface area contributed by atoms with Crippen molar-refractivity contribution in [2.24, 2.45) is 13.3 Å². The van der Waals surface area contributed by atoms with E-state index in [9.17, 15) is 0 Å². The third-order valence-corrected chi connectivity index (χ3v) is 16.9. The molecule has 2 aromatic heterocycles. The first-order valence-corrected chi connectivity index (χ1v) is 23.1. The first-order valence-electron chi connectivity index (χ1n) is 19.5. The Labute approximate surface area is 327 Å². The minimum absolute atomic E-state index is 0.419. The van der Waals surface area contributed by atoms with E-state index in [1.165, 1.54) is 118 Å². The fourth-order valence-corrected chi connectivity index (χ4v) is 14.1. The fourth-order valence-electron chi connectivity index (χ4n) is 10.1. The molecular weight excluding hydrogens is 711 g/mol.